The average molecular weight is 192 g/mol. The number of unbranched alkanes of at least 4 members (excludes halogenated alkanes) is 2. The third-order valence-electron chi connectivity index (χ3n) is 2.91. The van der Waals surface area contributed by atoms with Gasteiger partial charge in [0.25, 0.3) is 0 Å². The van der Waals surface area contributed by atoms with E-state index in [0.717, 1.165) is 0 Å². The second-order valence-corrected chi connectivity index (χ2v) is 4.24. The van der Waals surface area contributed by atoms with Crippen LogP contribution in [0.5, 0.6) is 0 Å². The van der Waals surface area contributed by atoms with Crippen molar-refractivity contribution in [3.05, 3.63) is 23.3 Å². The normalized spacial score (nSPS) is 23.3. The van der Waals surface area contributed by atoms with Crippen LogP contribution in [0.25, 0.3) is 0 Å². The summed E-state index contributed by atoms with van der Waals surface area (Å²) in [5.74, 6) is 0. The molecule has 0 aromatic carbocycles. The fourth-order valence-corrected chi connectivity index (χ4v) is 2.06. The third-order valence-corrected chi connectivity index (χ3v) is 2.91. The van der Waals surface area contributed by atoms with Crippen molar-refractivity contribution >= 4 is 0 Å². The van der Waals surface area contributed by atoms with Crippen molar-refractivity contribution in [1.82, 2.24) is 0 Å². The van der Waals surface area contributed by atoms with Gasteiger partial charge in [-0.1, -0.05) is 38.8 Å². The average Bonchev–Trinajstić information content (AvgIpc) is 2.24. The Hall–Kier alpha value is -0.520. The SMILES string of the molecule is CCCC=C1CCCCC1=CCCC. The second kappa shape index (κ2) is 6.86. The minimum atomic E-state index is 1.26. The lowest BCUT2D eigenvalue weighted by Gasteiger charge is -2.18. The van der Waals surface area contributed by atoms with Crippen LogP contribution in [-0.2, 0) is 0 Å². The number of hydrogen-bond donors (Lipinski definition) is 0. The first-order chi connectivity index (χ1) is 6.88. The highest BCUT2D eigenvalue weighted by Crippen LogP contribution is 2.29. The molecular weight excluding hydrogens is 168 g/mol. The van der Waals surface area contributed by atoms with Gasteiger partial charge in [-0.25, -0.2) is 0 Å². The number of allylic oxidation sites excluding steroid dienone is 4. The van der Waals surface area contributed by atoms with Gasteiger partial charge in [-0.15, -0.1) is 0 Å². The maximum absolute atomic E-state index is 2.47. The van der Waals surface area contributed by atoms with Crippen molar-refractivity contribution in [2.24, 2.45) is 0 Å². The molecule has 0 aromatic rings. The van der Waals surface area contributed by atoms with E-state index in [9.17, 15) is 0 Å². The zero-order chi connectivity index (χ0) is 10.2. The molecule has 0 aromatic heterocycles. The Labute approximate surface area is 89.1 Å². The van der Waals surface area contributed by atoms with Gasteiger partial charge in [0, 0.05) is 0 Å². The highest BCUT2D eigenvalue weighted by molar-refractivity contribution is 5.32. The van der Waals surface area contributed by atoms with Crippen molar-refractivity contribution in [2.75, 3.05) is 0 Å². The lowest BCUT2D eigenvalue weighted by Crippen LogP contribution is -1.98. The van der Waals surface area contributed by atoms with E-state index in [4.69, 9.17) is 0 Å². The van der Waals surface area contributed by atoms with E-state index in [2.05, 4.69) is 26.0 Å². The van der Waals surface area contributed by atoms with Gasteiger partial charge in [-0.3, -0.25) is 0 Å². The molecule has 1 aliphatic carbocycles. The smallest absolute Gasteiger partial charge is 0.0279 e. The first-order valence-electron chi connectivity index (χ1n) is 6.27. The Morgan fingerprint density at radius 2 is 1.29 bits per heavy atom. The molecule has 14 heavy (non-hydrogen) atoms. The summed E-state index contributed by atoms with van der Waals surface area (Å²) in [7, 11) is 0. The highest BCUT2D eigenvalue weighted by Gasteiger charge is 2.10. The maximum atomic E-state index is 2.47. The van der Waals surface area contributed by atoms with E-state index in [1.807, 2.05) is 0 Å². The van der Waals surface area contributed by atoms with Crippen molar-refractivity contribution in [3.8, 4) is 0 Å². The van der Waals surface area contributed by atoms with Gasteiger partial charge in [0.1, 0.15) is 0 Å². The molecule has 0 amide bonds. The molecule has 0 atom stereocenters. The zero-order valence-corrected chi connectivity index (χ0v) is 9.81. The van der Waals surface area contributed by atoms with E-state index in [0.29, 0.717) is 0 Å². The van der Waals surface area contributed by atoms with Crippen LogP contribution in [-0.4, -0.2) is 0 Å². The Morgan fingerprint density at radius 3 is 1.64 bits per heavy atom. The van der Waals surface area contributed by atoms with Gasteiger partial charge in [-0.2, -0.15) is 0 Å². The second-order valence-electron chi connectivity index (χ2n) is 4.24. The molecule has 0 nitrogen and oxygen atoms in total. The van der Waals surface area contributed by atoms with Crippen LogP contribution in [0.15, 0.2) is 23.3 Å². The quantitative estimate of drug-likeness (QED) is 0.587. The van der Waals surface area contributed by atoms with E-state index >= 15 is 0 Å². The van der Waals surface area contributed by atoms with E-state index < -0.39 is 0 Å². The first-order valence-corrected chi connectivity index (χ1v) is 6.27. The van der Waals surface area contributed by atoms with Crippen LogP contribution < -0.4 is 0 Å². The van der Waals surface area contributed by atoms with Gasteiger partial charge in [0.2, 0.25) is 0 Å². The van der Waals surface area contributed by atoms with Crippen LogP contribution in [0, 0.1) is 0 Å². The Balaban J connectivity index is 2.58. The predicted octanol–water partition coefficient (Wildman–Crippen LogP) is 5.01. The predicted molar refractivity (Wildman–Crippen MR) is 64.5 cm³/mol. The molecule has 1 fully saturated rings. The molecule has 0 bridgehead atoms. The Morgan fingerprint density at radius 1 is 0.857 bits per heavy atom. The Kier molecular flexibility index (Phi) is 5.66. The topological polar surface area (TPSA) is 0 Å². The summed E-state index contributed by atoms with van der Waals surface area (Å²) < 4.78 is 0. The lowest BCUT2D eigenvalue weighted by molar-refractivity contribution is 0.671. The fourth-order valence-electron chi connectivity index (χ4n) is 2.06. The molecule has 0 unspecified atom stereocenters. The van der Waals surface area contributed by atoms with Crippen LogP contribution >= 0.6 is 0 Å². The van der Waals surface area contributed by atoms with Crippen molar-refractivity contribution < 1.29 is 0 Å². The summed E-state index contributed by atoms with van der Waals surface area (Å²) in [6.07, 6.45) is 15.5. The molecular formula is C14H24. The molecule has 1 rings (SSSR count). The maximum Gasteiger partial charge on any atom is -0.0279 e. The number of hydrogen-bond acceptors (Lipinski definition) is 0. The molecule has 0 aliphatic heterocycles. The van der Waals surface area contributed by atoms with Crippen LogP contribution in [0.1, 0.15) is 65.2 Å². The van der Waals surface area contributed by atoms with Gasteiger partial charge >= 0.3 is 0 Å². The zero-order valence-electron chi connectivity index (χ0n) is 9.81. The molecule has 0 saturated heterocycles. The summed E-state index contributed by atoms with van der Waals surface area (Å²) in [4.78, 5) is 0. The van der Waals surface area contributed by atoms with E-state index in [-0.39, 0.29) is 0 Å². The summed E-state index contributed by atoms with van der Waals surface area (Å²) in [5, 5.41) is 0. The Bertz CT molecular complexity index is 184. The van der Waals surface area contributed by atoms with Gasteiger partial charge < -0.3 is 0 Å². The molecule has 0 heterocycles. The van der Waals surface area contributed by atoms with Gasteiger partial charge in [0.15, 0.2) is 0 Å². The van der Waals surface area contributed by atoms with Gasteiger partial charge in [-0.05, 0) is 49.7 Å². The lowest BCUT2D eigenvalue weighted by atomic mass is 9.88. The van der Waals surface area contributed by atoms with Crippen LogP contribution in [0.3, 0.4) is 0 Å². The van der Waals surface area contributed by atoms with Crippen LogP contribution in [0.2, 0.25) is 0 Å². The third kappa shape index (κ3) is 3.69. The molecule has 0 heteroatoms. The number of rotatable bonds is 4. The molecule has 80 valence electrons. The summed E-state index contributed by atoms with van der Waals surface area (Å²) in [6.45, 7) is 4.52. The van der Waals surface area contributed by atoms with E-state index in [1.165, 1.54) is 51.4 Å². The van der Waals surface area contributed by atoms with Gasteiger partial charge in [0.05, 0.1) is 0 Å². The van der Waals surface area contributed by atoms with Crippen LogP contribution in [0.4, 0.5) is 0 Å². The molecule has 0 radical (unpaired) electrons. The molecule has 0 N–H and O–H groups in total. The van der Waals surface area contributed by atoms with Crippen molar-refractivity contribution in [1.29, 1.82) is 0 Å². The van der Waals surface area contributed by atoms with Crippen molar-refractivity contribution in [2.45, 2.75) is 65.2 Å². The summed E-state index contributed by atoms with van der Waals surface area (Å²) in [6, 6.07) is 0. The highest BCUT2D eigenvalue weighted by atomic mass is 14.2. The minimum Gasteiger partial charge on any atom is -0.0811 e. The molecule has 1 aliphatic rings. The first kappa shape index (κ1) is 11.6. The molecule has 0 spiro atoms. The summed E-state index contributed by atoms with van der Waals surface area (Å²) >= 11 is 0. The minimum absolute atomic E-state index is 1.26. The largest absolute Gasteiger partial charge is 0.0811 e. The molecule has 1 saturated carbocycles. The van der Waals surface area contributed by atoms with E-state index in [1.54, 1.807) is 11.1 Å². The standard InChI is InChI=1S/C14H24/c1-3-5-9-13-11-7-8-12-14(13)10-6-4-2/h9-10H,3-8,11-12H2,1-2H3. The summed E-state index contributed by atoms with van der Waals surface area (Å²) in [5.41, 5.74) is 3.32. The van der Waals surface area contributed by atoms with Crippen molar-refractivity contribution in [3.63, 3.8) is 0 Å². The monoisotopic (exact) mass is 192 g/mol. The fraction of sp³-hybridized carbons (Fsp3) is 0.714.